The number of anilines is 1. The van der Waals surface area contributed by atoms with E-state index in [4.69, 9.17) is 0 Å². The summed E-state index contributed by atoms with van der Waals surface area (Å²) < 4.78 is 0. The topological polar surface area (TPSA) is 24.9 Å². The molecule has 1 saturated carbocycles. The SMILES string of the molecule is CNc1nc(CCC2CCCCC2)c(C)s1. The largest absolute Gasteiger partial charge is 0.365 e. The van der Waals surface area contributed by atoms with Gasteiger partial charge in [-0.2, -0.15) is 0 Å². The van der Waals surface area contributed by atoms with Crippen molar-refractivity contribution < 1.29 is 0 Å². The second-order valence-electron chi connectivity index (χ2n) is 4.81. The summed E-state index contributed by atoms with van der Waals surface area (Å²) >= 11 is 1.78. The van der Waals surface area contributed by atoms with Crippen molar-refractivity contribution in [1.82, 2.24) is 4.98 Å². The highest BCUT2D eigenvalue weighted by Crippen LogP contribution is 2.29. The van der Waals surface area contributed by atoms with Gasteiger partial charge in [0.25, 0.3) is 0 Å². The van der Waals surface area contributed by atoms with Gasteiger partial charge in [0, 0.05) is 11.9 Å². The molecular weight excluding hydrogens is 216 g/mol. The van der Waals surface area contributed by atoms with Crippen LogP contribution in [0.2, 0.25) is 0 Å². The molecule has 16 heavy (non-hydrogen) atoms. The van der Waals surface area contributed by atoms with Crippen LogP contribution in [0.15, 0.2) is 0 Å². The zero-order valence-corrected chi connectivity index (χ0v) is 11.2. The predicted molar refractivity (Wildman–Crippen MR) is 71.3 cm³/mol. The summed E-state index contributed by atoms with van der Waals surface area (Å²) in [6, 6.07) is 0. The Morgan fingerprint density at radius 2 is 2.06 bits per heavy atom. The Kier molecular flexibility index (Phi) is 4.22. The Hall–Kier alpha value is -0.570. The minimum atomic E-state index is 0.966. The molecule has 0 aromatic carbocycles. The molecule has 1 aliphatic rings. The molecule has 1 aliphatic carbocycles. The zero-order chi connectivity index (χ0) is 11.4. The molecule has 1 heterocycles. The predicted octanol–water partition coefficient (Wildman–Crippen LogP) is 4.01. The molecule has 1 aromatic rings. The van der Waals surface area contributed by atoms with Crippen LogP contribution in [0.3, 0.4) is 0 Å². The molecule has 0 spiro atoms. The number of rotatable bonds is 4. The van der Waals surface area contributed by atoms with Gasteiger partial charge in [-0.25, -0.2) is 4.98 Å². The van der Waals surface area contributed by atoms with E-state index >= 15 is 0 Å². The fourth-order valence-electron chi connectivity index (χ4n) is 2.58. The van der Waals surface area contributed by atoms with E-state index in [1.807, 2.05) is 7.05 Å². The van der Waals surface area contributed by atoms with E-state index in [-0.39, 0.29) is 0 Å². The maximum Gasteiger partial charge on any atom is 0.182 e. The molecule has 1 fully saturated rings. The number of aromatic nitrogens is 1. The van der Waals surface area contributed by atoms with Gasteiger partial charge in [0.15, 0.2) is 5.13 Å². The summed E-state index contributed by atoms with van der Waals surface area (Å²) in [5.41, 5.74) is 1.32. The summed E-state index contributed by atoms with van der Waals surface area (Å²) in [4.78, 5) is 6.01. The van der Waals surface area contributed by atoms with Crippen LogP contribution in [0.1, 0.15) is 49.1 Å². The zero-order valence-electron chi connectivity index (χ0n) is 10.4. The van der Waals surface area contributed by atoms with Gasteiger partial charge in [-0.3, -0.25) is 0 Å². The molecule has 0 aliphatic heterocycles. The number of nitrogens with zero attached hydrogens (tertiary/aromatic N) is 1. The molecule has 2 nitrogen and oxygen atoms in total. The lowest BCUT2D eigenvalue weighted by Crippen LogP contribution is -2.07. The Morgan fingerprint density at radius 1 is 1.31 bits per heavy atom. The van der Waals surface area contributed by atoms with Crippen molar-refractivity contribution in [2.75, 3.05) is 12.4 Å². The average molecular weight is 238 g/mol. The minimum absolute atomic E-state index is 0.966. The maximum absolute atomic E-state index is 4.62. The van der Waals surface area contributed by atoms with Crippen molar-refractivity contribution in [3.05, 3.63) is 10.6 Å². The Balaban J connectivity index is 1.85. The van der Waals surface area contributed by atoms with E-state index in [0.29, 0.717) is 0 Å². The molecule has 1 N–H and O–H groups in total. The lowest BCUT2D eigenvalue weighted by Gasteiger charge is -2.20. The highest BCUT2D eigenvalue weighted by Gasteiger charge is 2.15. The molecule has 90 valence electrons. The van der Waals surface area contributed by atoms with E-state index in [1.54, 1.807) is 11.3 Å². The lowest BCUT2D eigenvalue weighted by atomic mass is 9.86. The third kappa shape index (κ3) is 2.97. The van der Waals surface area contributed by atoms with E-state index in [9.17, 15) is 0 Å². The van der Waals surface area contributed by atoms with Crippen LogP contribution in [-0.4, -0.2) is 12.0 Å². The maximum atomic E-state index is 4.62. The average Bonchev–Trinajstić information content (AvgIpc) is 2.69. The van der Waals surface area contributed by atoms with Gasteiger partial charge in [0.05, 0.1) is 5.69 Å². The van der Waals surface area contributed by atoms with Crippen LogP contribution >= 0.6 is 11.3 Å². The van der Waals surface area contributed by atoms with Crippen LogP contribution in [0.25, 0.3) is 0 Å². The van der Waals surface area contributed by atoms with E-state index in [0.717, 1.165) is 11.0 Å². The van der Waals surface area contributed by atoms with Gasteiger partial charge in [-0.15, -0.1) is 11.3 Å². The molecule has 0 bridgehead atoms. The van der Waals surface area contributed by atoms with Crippen molar-refractivity contribution in [3.63, 3.8) is 0 Å². The summed E-state index contributed by atoms with van der Waals surface area (Å²) in [5.74, 6) is 0.966. The lowest BCUT2D eigenvalue weighted by molar-refractivity contribution is 0.338. The highest BCUT2D eigenvalue weighted by atomic mass is 32.1. The van der Waals surface area contributed by atoms with Crippen LogP contribution < -0.4 is 5.32 Å². The van der Waals surface area contributed by atoms with Crippen LogP contribution in [0.4, 0.5) is 5.13 Å². The van der Waals surface area contributed by atoms with Crippen LogP contribution in [0.5, 0.6) is 0 Å². The molecule has 0 saturated heterocycles. The fourth-order valence-corrected chi connectivity index (χ4v) is 3.40. The molecule has 0 radical (unpaired) electrons. The van der Waals surface area contributed by atoms with Crippen LogP contribution in [-0.2, 0) is 6.42 Å². The number of thiazole rings is 1. The van der Waals surface area contributed by atoms with E-state index in [1.165, 1.54) is 55.5 Å². The first-order chi connectivity index (χ1) is 7.79. The molecule has 0 atom stereocenters. The van der Waals surface area contributed by atoms with Crippen molar-refractivity contribution in [2.45, 2.75) is 51.9 Å². The van der Waals surface area contributed by atoms with Gasteiger partial charge < -0.3 is 5.32 Å². The second-order valence-corrected chi connectivity index (χ2v) is 6.02. The summed E-state index contributed by atoms with van der Waals surface area (Å²) in [6.45, 7) is 2.19. The standard InChI is InChI=1S/C13H22N2S/c1-10-12(15-13(14-2)16-10)9-8-11-6-4-3-5-7-11/h11H,3-9H2,1-2H3,(H,14,15). The summed E-state index contributed by atoms with van der Waals surface area (Å²) in [6.07, 6.45) is 9.76. The molecule has 0 amide bonds. The van der Waals surface area contributed by atoms with Gasteiger partial charge >= 0.3 is 0 Å². The third-order valence-corrected chi connectivity index (χ3v) is 4.65. The van der Waals surface area contributed by atoms with Gasteiger partial charge in [-0.05, 0) is 25.7 Å². The first kappa shape index (κ1) is 11.9. The van der Waals surface area contributed by atoms with Crippen LogP contribution in [0, 0.1) is 12.8 Å². The first-order valence-electron chi connectivity index (χ1n) is 6.43. The smallest absolute Gasteiger partial charge is 0.182 e. The Labute approximate surface area is 102 Å². The van der Waals surface area contributed by atoms with E-state index < -0.39 is 0 Å². The molecule has 3 heteroatoms. The Bertz CT molecular complexity index is 327. The molecule has 1 aromatic heterocycles. The van der Waals surface area contributed by atoms with Gasteiger partial charge in [0.1, 0.15) is 0 Å². The number of nitrogens with one attached hydrogen (secondary N) is 1. The molecule has 2 rings (SSSR count). The summed E-state index contributed by atoms with van der Waals surface area (Å²) in [5, 5.41) is 4.20. The molecule has 0 unspecified atom stereocenters. The van der Waals surface area contributed by atoms with E-state index in [2.05, 4.69) is 17.2 Å². The van der Waals surface area contributed by atoms with Crippen molar-refractivity contribution >= 4 is 16.5 Å². The van der Waals surface area contributed by atoms with Gasteiger partial charge in [0.2, 0.25) is 0 Å². The highest BCUT2D eigenvalue weighted by molar-refractivity contribution is 7.15. The van der Waals surface area contributed by atoms with Crippen molar-refractivity contribution in [2.24, 2.45) is 5.92 Å². The quantitative estimate of drug-likeness (QED) is 0.857. The minimum Gasteiger partial charge on any atom is -0.365 e. The van der Waals surface area contributed by atoms with Crippen molar-refractivity contribution in [1.29, 1.82) is 0 Å². The van der Waals surface area contributed by atoms with Crippen molar-refractivity contribution in [3.8, 4) is 0 Å². The van der Waals surface area contributed by atoms with Gasteiger partial charge in [-0.1, -0.05) is 32.1 Å². The number of aryl methyl sites for hydroxylation is 2. The Morgan fingerprint density at radius 3 is 2.69 bits per heavy atom. The first-order valence-corrected chi connectivity index (χ1v) is 7.25. The second kappa shape index (κ2) is 5.67. The number of hydrogen-bond acceptors (Lipinski definition) is 3. The fraction of sp³-hybridized carbons (Fsp3) is 0.769. The third-order valence-electron chi connectivity index (χ3n) is 3.62. The summed E-state index contributed by atoms with van der Waals surface area (Å²) in [7, 11) is 1.95. The number of hydrogen-bond donors (Lipinski definition) is 1. The monoisotopic (exact) mass is 238 g/mol. The molecular formula is C13H22N2S. The normalized spacial score (nSPS) is 17.6.